The van der Waals surface area contributed by atoms with E-state index in [-0.39, 0.29) is 31.0 Å². The summed E-state index contributed by atoms with van der Waals surface area (Å²) in [6, 6.07) is 0. The second-order valence-electron chi connectivity index (χ2n) is 1.47. The number of hydrogen-bond acceptors (Lipinski definition) is 2. The van der Waals surface area contributed by atoms with E-state index in [9.17, 15) is 0 Å². The minimum absolute atomic E-state index is 0. The van der Waals surface area contributed by atoms with Gasteiger partial charge in [-0.2, -0.15) is 0 Å². The third kappa shape index (κ3) is 85.0. The number of hydrogen-bond donors (Lipinski definition) is 4. The molecule has 0 saturated carbocycles. The summed E-state index contributed by atoms with van der Waals surface area (Å²) >= 11 is 3.60. The van der Waals surface area contributed by atoms with Crippen molar-refractivity contribution in [3.8, 4) is 0 Å². The van der Waals surface area contributed by atoms with Crippen LogP contribution in [0.4, 0.5) is 0 Å². The molecule has 0 radical (unpaired) electrons. The summed E-state index contributed by atoms with van der Waals surface area (Å²) in [5.41, 5.74) is 0. The maximum absolute atomic E-state index is 7.56. The Morgan fingerprint density at radius 3 is 1.45 bits per heavy atom. The van der Waals surface area contributed by atoms with Crippen LogP contribution in [0, 0.1) is 0 Å². The van der Waals surface area contributed by atoms with E-state index in [2.05, 4.69) is 31.0 Å². The molecule has 66 valence electrons. The van der Waals surface area contributed by atoms with Gasteiger partial charge < -0.3 is 21.4 Å². The number of nitrogens with one attached hydrogen (secondary N) is 1. The van der Waals surface area contributed by atoms with Crippen molar-refractivity contribution in [3.63, 3.8) is 0 Å². The average Bonchev–Trinajstić information content (AvgIpc) is 1.63. The molecular weight excluding hydrogens is 196 g/mol. The summed E-state index contributed by atoms with van der Waals surface area (Å²) in [5, 5.41) is 3.11. The second kappa shape index (κ2) is 11.5. The zero-order valence-corrected chi connectivity index (χ0v) is 10.8. The summed E-state index contributed by atoms with van der Waals surface area (Å²) in [6.07, 6.45) is 0. The van der Waals surface area contributed by atoms with E-state index in [1.165, 1.54) is 0 Å². The molecule has 11 heavy (non-hydrogen) atoms. The second-order valence-corrected chi connectivity index (χ2v) is 3.97. The monoisotopic (exact) mass is 211 g/mol. The predicted molar refractivity (Wildman–Crippen MR) is 46.3 cm³/mol. The minimum Gasteiger partial charge on any atom is -1.00 e. The van der Waals surface area contributed by atoms with Gasteiger partial charge in [-0.15, -0.1) is 0 Å². The van der Waals surface area contributed by atoms with Crippen LogP contribution in [0.25, 0.3) is 0 Å². The third-order valence-electron chi connectivity index (χ3n) is 0.500. The van der Waals surface area contributed by atoms with Gasteiger partial charge in [0.15, 0.2) is 0 Å². The quantitative estimate of drug-likeness (QED) is 0.288. The van der Waals surface area contributed by atoms with E-state index in [1.54, 1.807) is 0 Å². The molecule has 0 saturated heterocycles. The van der Waals surface area contributed by atoms with Crippen LogP contribution in [0.3, 0.4) is 0 Å². The Morgan fingerprint density at radius 1 is 1.27 bits per heavy atom. The van der Waals surface area contributed by atoms with Crippen LogP contribution in [0.1, 0.15) is 15.3 Å². The fourth-order valence-corrected chi connectivity index (χ4v) is 0.250. The Kier molecular flexibility index (Phi) is 19.1. The van der Waals surface area contributed by atoms with Gasteiger partial charge in [-0.25, -0.2) is 0 Å². The topological polar surface area (TPSA) is 72.7 Å². The van der Waals surface area contributed by atoms with Crippen molar-refractivity contribution in [2.45, 2.75) is 13.8 Å². The van der Waals surface area contributed by atoms with Crippen LogP contribution in [0.2, 0.25) is 0 Å². The van der Waals surface area contributed by atoms with Crippen molar-refractivity contribution in [1.29, 1.82) is 0 Å². The van der Waals surface area contributed by atoms with Gasteiger partial charge in [0.1, 0.15) is 0 Å². The van der Waals surface area contributed by atoms with Crippen molar-refractivity contribution < 1.29 is 45.7 Å². The minimum atomic E-state index is -3.81. The number of rotatable bonds is 2. The average molecular weight is 211 g/mol. The fourth-order valence-electron chi connectivity index (χ4n) is 0.250. The smallest absolute Gasteiger partial charge is 1.00 e. The molecule has 0 fully saturated rings. The molecule has 4 nitrogen and oxygen atoms in total. The molecule has 7 heteroatoms. The third-order valence-corrected chi connectivity index (χ3v) is 0.500. The Labute approximate surface area is 96.1 Å². The van der Waals surface area contributed by atoms with Gasteiger partial charge >= 0.3 is 36.3 Å². The van der Waals surface area contributed by atoms with Crippen LogP contribution in [0.15, 0.2) is 0 Å². The standard InChI is InChI=1S/C4H11N.Na.H3O3PS.H/c1-3-5-4-2;;1-4(2,3)5;/h5H,3-4H2,1-2H3;;(H3,1,2,3,5);/q;+1;;-1. The largest absolute Gasteiger partial charge is 1.00 e. The molecule has 0 heterocycles. The van der Waals surface area contributed by atoms with E-state index in [4.69, 9.17) is 14.7 Å². The summed E-state index contributed by atoms with van der Waals surface area (Å²) in [6.45, 7) is 2.58. The van der Waals surface area contributed by atoms with Crippen molar-refractivity contribution in [3.05, 3.63) is 0 Å². The van der Waals surface area contributed by atoms with Gasteiger partial charge in [-0.3, -0.25) is 0 Å². The first-order valence-electron chi connectivity index (χ1n) is 2.90. The Morgan fingerprint density at radius 2 is 1.45 bits per heavy atom. The SMILES string of the molecule is CCNCC.OP(O)(O)=S.[H-].[Na+]. The van der Waals surface area contributed by atoms with Gasteiger partial charge in [0, 0.05) is 0 Å². The first-order chi connectivity index (χ1) is 4.41. The molecule has 4 N–H and O–H groups in total. The molecule has 0 aromatic carbocycles. The fraction of sp³-hybridized carbons (Fsp3) is 1.00. The zero-order valence-electron chi connectivity index (χ0n) is 8.11. The van der Waals surface area contributed by atoms with E-state index in [0.717, 1.165) is 13.1 Å². The zero-order chi connectivity index (χ0) is 8.62. The first-order valence-corrected chi connectivity index (χ1v) is 5.56. The van der Waals surface area contributed by atoms with Crippen LogP contribution >= 0.6 is 6.72 Å². The Balaban J connectivity index is -0.0000000457. The maximum Gasteiger partial charge on any atom is 1.00 e. The maximum atomic E-state index is 7.56. The van der Waals surface area contributed by atoms with Gasteiger partial charge in [0.05, 0.1) is 0 Å². The van der Waals surface area contributed by atoms with E-state index >= 15 is 0 Å². The molecule has 0 aliphatic rings. The van der Waals surface area contributed by atoms with Crippen molar-refractivity contribution >= 4 is 18.5 Å². The summed E-state index contributed by atoms with van der Waals surface area (Å²) in [4.78, 5) is 22.7. The van der Waals surface area contributed by atoms with Crippen LogP contribution in [-0.2, 0) is 11.8 Å². The molecule has 0 amide bonds. The molecule has 0 unspecified atom stereocenters. The predicted octanol–water partition coefficient (Wildman–Crippen LogP) is -3.08. The molecule has 0 aliphatic heterocycles. The van der Waals surface area contributed by atoms with E-state index < -0.39 is 6.72 Å². The molecule has 0 aromatic rings. The van der Waals surface area contributed by atoms with Gasteiger partial charge in [-0.05, 0) is 24.9 Å². The van der Waals surface area contributed by atoms with Crippen molar-refractivity contribution in [1.82, 2.24) is 5.32 Å². The molecule has 0 spiro atoms. The first kappa shape index (κ1) is 18.3. The Bertz CT molecular complexity index is 104. The summed E-state index contributed by atoms with van der Waals surface area (Å²) in [7, 11) is 0. The molecule has 0 bridgehead atoms. The molecule has 0 aliphatic carbocycles. The van der Waals surface area contributed by atoms with Crippen LogP contribution in [0.5, 0.6) is 0 Å². The van der Waals surface area contributed by atoms with Crippen molar-refractivity contribution in [2.24, 2.45) is 0 Å². The van der Waals surface area contributed by atoms with Crippen LogP contribution in [-0.4, -0.2) is 27.8 Å². The molecule has 0 aromatic heterocycles. The molecule has 0 atom stereocenters. The Hall–Kier alpha value is 1.49. The van der Waals surface area contributed by atoms with Gasteiger partial charge in [0.2, 0.25) is 0 Å². The molecule has 0 rings (SSSR count). The van der Waals surface area contributed by atoms with Gasteiger partial charge in [-0.1, -0.05) is 13.8 Å². The molecular formula is C4H15NNaO3PS. The van der Waals surface area contributed by atoms with Crippen molar-refractivity contribution in [2.75, 3.05) is 13.1 Å². The summed E-state index contributed by atoms with van der Waals surface area (Å²) < 4.78 is 0. The van der Waals surface area contributed by atoms with Gasteiger partial charge in [0.25, 0.3) is 0 Å². The van der Waals surface area contributed by atoms with E-state index in [1.807, 2.05) is 0 Å². The normalized spacial score (nSPS) is 9.18. The summed E-state index contributed by atoms with van der Waals surface area (Å²) in [5.74, 6) is 0. The van der Waals surface area contributed by atoms with Crippen LogP contribution < -0.4 is 34.9 Å². The van der Waals surface area contributed by atoms with E-state index in [0.29, 0.717) is 0 Å².